The van der Waals surface area contributed by atoms with Gasteiger partial charge in [0.1, 0.15) is 12.4 Å². The van der Waals surface area contributed by atoms with Crippen molar-refractivity contribution in [1.82, 2.24) is 4.90 Å². The molecule has 1 fully saturated rings. The molecule has 1 unspecified atom stereocenters. The Morgan fingerprint density at radius 1 is 1.47 bits per heavy atom. The Morgan fingerprint density at radius 3 is 2.94 bits per heavy atom. The molecular formula is C13H15NO3. The van der Waals surface area contributed by atoms with Gasteiger partial charge < -0.3 is 14.4 Å². The molecule has 1 aliphatic heterocycles. The molecule has 4 heteroatoms. The summed E-state index contributed by atoms with van der Waals surface area (Å²) in [4.78, 5) is 12.9. The number of rotatable bonds is 5. The van der Waals surface area contributed by atoms with Crippen LogP contribution in [0.3, 0.4) is 0 Å². The molecule has 0 radical (unpaired) electrons. The van der Waals surface area contributed by atoms with Gasteiger partial charge >= 0.3 is 5.97 Å². The Labute approximate surface area is 100 Å². The largest absolute Gasteiger partial charge is 0.491 e. The van der Waals surface area contributed by atoms with Crippen LogP contribution in [0, 0.1) is 0 Å². The number of carbonyl (C=O) groups excluding carboxylic acids is 1. The zero-order valence-electron chi connectivity index (χ0n) is 9.70. The molecule has 90 valence electrons. The fraction of sp³-hybridized carbons (Fsp3) is 0.308. The normalized spacial score (nSPS) is 18.2. The van der Waals surface area contributed by atoms with Crippen molar-refractivity contribution in [2.75, 3.05) is 20.3 Å². The highest BCUT2D eigenvalue weighted by atomic mass is 16.5. The quantitative estimate of drug-likeness (QED) is 0.438. The van der Waals surface area contributed by atoms with Crippen molar-refractivity contribution in [3.63, 3.8) is 0 Å². The van der Waals surface area contributed by atoms with E-state index in [1.54, 1.807) is 6.20 Å². The van der Waals surface area contributed by atoms with Crippen LogP contribution in [0.2, 0.25) is 0 Å². The molecule has 1 aliphatic rings. The fourth-order valence-corrected chi connectivity index (χ4v) is 1.46. The SMILES string of the molecule is COC(=O)/C=C/N1CC1COc1ccccc1. The fourth-order valence-electron chi connectivity index (χ4n) is 1.46. The number of hydrogen-bond acceptors (Lipinski definition) is 4. The van der Waals surface area contributed by atoms with Gasteiger partial charge in [0.2, 0.25) is 0 Å². The second-order valence-electron chi connectivity index (χ2n) is 3.81. The average Bonchev–Trinajstić information content (AvgIpc) is 3.13. The summed E-state index contributed by atoms with van der Waals surface area (Å²) < 4.78 is 10.1. The van der Waals surface area contributed by atoms with Crippen LogP contribution in [0.5, 0.6) is 5.75 Å². The van der Waals surface area contributed by atoms with Gasteiger partial charge in [0.05, 0.1) is 13.2 Å². The summed E-state index contributed by atoms with van der Waals surface area (Å²) in [6, 6.07) is 10.0. The minimum atomic E-state index is -0.334. The number of carbonyl (C=O) groups is 1. The third-order valence-electron chi connectivity index (χ3n) is 2.55. The Kier molecular flexibility index (Phi) is 3.65. The van der Waals surface area contributed by atoms with Crippen LogP contribution in [0.1, 0.15) is 0 Å². The van der Waals surface area contributed by atoms with E-state index >= 15 is 0 Å². The lowest BCUT2D eigenvalue weighted by Gasteiger charge is -2.04. The summed E-state index contributed by atoms with van der Waals surface area (Å²) in [5.41, 5.74) is 0. The summed E-state index contributed by atoms with van der Waals surface area (Å²) in [5.74, 6) is 0.538. The molecular weight excluding hydrogens is 218 g/mol. The predicted octanol–water partition coefficient (Wildman–Crippen LogP) is 1.44. The standard InChI is InChI=1S/C13H15NO3/c1-16-13(15)7-8-14-9-11(14)10-17-12-5-3-2-4-6-12/h2-8,11H,9-10H2,1H3/b8-7+. The highest BCUT2D eigenvalue weighted by Crippen LogP contribution is 2.19. The maximum atomic E-state index is 10.9. The summed E-state index contributed by atoms with van der Waals surface area (Å²) in [6.45, 7) is 1.55. The minimum Gasteiger partial charge on any atom is -0.491 e. The van der Waals surface area contributed by atoms with E-state index in [4.69, 9.17) is 4.74 Å². The van der Waals surface area contributed by atoms with E-state index in [2.05, 4.69) is 4.74 Å². The topological polar surface area (TPSA) is 38.5 Å². The van der Waals surface area contributed by atoms with Crippen LogP contribution >= 0.6 is 0 Å². The van der Waals surface area contributed by atoms with E-state index < -0.39 is 0 Å². The molecule has 0 aromatic heterocycles. The van der Waals surface area contributed by atoms with Crippen LogP contribution in [0.25, 0.3) is 0 Å². The van der Waals surface area contributed by atoms with Gasteiger partial charge in [-0.1, -0.05) is 18.2 Å². The van der Waals surface area contributed by atoms with E-state index in [0.717, 1.165) is 12.3 Å². The molecule has 2 rings (SSSR count). The molecule has 0 bridgehead atoms. The molecule has 1 aromatic rings. The van der Waals surface area contributed by atoms with E-state index in [1.807, 2.05) is 35.2 Å². The second kappa shape index (κ2) is 5.39. The average molecular weight is 233 g/mol. The van der Waals surface area contributed by atoms with Gasteiger partial charge in [0, 0.05) is 18.8 Å². The molecule has 4 nitrogen and oxygen atoms in total. The van der Waals surface area contributed by atoms with E-state index in [1.165, 1.54) is 13.2 Å². The van der Waals surface area contributed by atoms with Gasteiger partial charge in [-0.05, 0) is 12.1 Å². The molecule has 1 saturated heterocycles. The van der Waals surface area contributed by atoms with E-state index in [9.17, 15) is 4.79 Å². The molecule has 0 spiro atoms. The van der Waals surface area contributed by atoms with Crippen LogP contribution in [0.4, 0.5) is 0 Å². The van der Waals surface area contributed by atoms with E-state index in [-0.39, 0.29) is 5.97 Å². The number of methoxy groups -OCH3 is 1. The highest BCUT2D eigenvalue weighted by molar-refractivity contribution is 5.81. The summed E-state index contributed by atoms with van der Waals surface area (Å²) >= 11 is 0. The molecule has 1 atom stereocenters. The molecule has 1 aromatic carbocycles. The van der Waals surface area contributed by atoms with Crippen molar-refractivity contribution < 1.29 is 14.3 Å². The number of nitrogens with zero attached hydrogens (tertiary/aromatic N) is 1. The highest BCUT2D eigenvalue weighted by Gasteiger charge is 2.31. The third-order valence-corrected chi connectivity index (χ3v) is 2.55. The zero-order valence-corrected chi connectivity index (χ0v) is 9.70. The molecule has 1 heterocycles. The lowest BCUT2D eigenvalue weighted by atomic mass is 10.3. The van der Waals surface area contributed by atoms with Gasteiger partial charge in [-0.2, -0.15) is 0 Å². The van der Waals surface area contributed by atoms with Crippen molar-refractivity contribution in [2.24, 2.45) is 0 Å². The van der Waals surface area contributed by atoms with Crippen molar-refractivity contribution in [2.45, 2.75) is 6.04 Å². The van der Waals surface area contributed by atoms with Gasteiger partial charge in [-0.15, -0.1) is 0 Å². The molecule has 17 heavy (non-hydrogen) atoms. The van der Waals surface area contributed by atoms with E-state index in [0.29, 0.717) is 12.6 Å². The first-order valence-corrected chi connectivity index (χ1v) is 5.49. The van der Waals surface area contributed by atoms with Crippen molar-refractivity contribution >= 4 is 5.97 Å². The predicted molar refractivity (Wildman–Crippen MR) is 63.6 cm³/mol. The first-order chi connectivity index (χ1) is 8.29. The minimum absolute atomic E-state index is 0.334. The Balaban J connectivity index is 1.70. The first kappa shape index (κ1) is 11.5. The Hall–Kier alpha value is -1.97. The molecule has 0 amide bonds. The summed E-state index contributed by atoms with van der Waals surface area (Å²) in [7, 11) is 1.37. The lowest BCUT2D eigenvalue weighted by Crippen LogP contribution is -2.08. The van der Waals surface area contributed by atoms with Crippen LogP contribution < -0.4 is 4.74 Å². The van der Waals surface area contributed by atoms with Crippen molar-refractivity contribution in [3.05, 3.63) is 42.6 Å². The number of benzene rings is 1. The zero-order chi connectivity index (χ0) is 12.1. The Bertz CT molecular complexity index is 402. The van der Waals surface area contributed by atoms with Crippen LogP contribution in [0.15, 0.2) is 42.6 Å². The molecule has 0 saturated carbocycles. The number of hydrogen-bond donors (Lipinski definition) is 0. The Morgan fingerprint density at radius 2 is 2.24 bits per heavy atom. The van der Waals surface area contributed by atoms with Gasteiger partial charge in [-0.3, -0.25) is 0 Å². The monoisotopic (exact) mass is 233 g/mol. The lowest BCUT2D eigenvalue weighted by molar-refractivity contribution is -0.134. The number of para-hydroxylation sites is 1. The van der Waals surface area contributed by atoms with Crippen molar-refractivity contribution in [1.29, 1.82) is 0 Å². The smallest absolute Gasteiger partial charge is 0.331 e. The first-order valence-electron chi connectivity index (χ1n) is 5.49. The maximum absolute atomic E-state index is 10.9. The number of ether oxygens (including phenoxy) is 2. The van der Waals surface area contributed by atoms with Gasteiger partial charge in [0.15, 0.2) is 0 Å². The van der Waals surface area contributed by atoms with Gasteiger partial charge in [0.25, 0.3) is 0 Å². The summed E-state index contributed by atoms with van der Waals surface area (Å²) in [5, 5.41) is 0. The van der Waals surface area contributed by atoms with Crippen LogP contribution in [-0.4, -0.2) is 37.2 Å². The van der Waals surface area contributed by atoms with Crippen LogP contribution in [-0.2, 0) is 9.53 Å². The van der Waals surface area contributed by atoms with Crippen molar-refractivity contribution in [3.8, 4) is 5.75 Å². The molecule has 0 aliphatic carbocycles. The second-order valence-corrected chi connectivity index (χ2v) is 3.81. The maximum Gasteiger partial charge on any atom is 0.331 e. The molecule has 0 N–H and O–H groups in total. The number of esters is 1. The summed E-state index contributed by atoms with van der Waals surface area (Å²) in [6.07, 6.45) is 3.16. The third kappa shape index (κ3) is 3.52. The van der Waals surface area contributed by atoms with Gasteiger partial charge in [-0.25, -0.2) is 4.79 Å².